The summed E-state index contributed by atoms with van der Waals surface area (Å²) >= 11 is 0. The molecule has 0 aliphatic rings. The summed E-state index contributed by atoms with van der Waals surface area (Å²) < 4.78 is 26.1. The zero-order valence-electron chi connectivity index (χ0n) is 13.7. The van der Waals surface area contributed by atoms with Crippen LogP contribution in [-0.4, -0.2) is 35.6 Å². The van der Waals surface area contributed by atoms with Crippen LogP contribution in [0.4, 0.5) is 11.4 Å². The van der Waals surface area contributed by atoms with Gasteiger partial charge in [-0.15, -0.1) is 5.10 Å². The molecule has 2 N–H and O–H groups in total. The Hall–Kier alpha value is -3.27. The van der Waals surface area contributed by atoms with E-state index in [4.69, 9.17) is 0 Å². The fraction of sp³-hybridized carbons (Fsp3) is 0.125. The van der Waals surface area contributed by atoms with Crippen molar-refractivity contribution in [1.82, 2.24) is 15.0 Å². The molecule has 1 amide bonds. The van der Waals surface area contributed by atoms with Crippen LogP contribution in [0.3, 0.4) is 0 Å². The molecule has 0 bridgehead atoms. The van der Waals surface area contributed by atoms with E-state index in [-0.39, 0.29) is 17.9 Å². The third-order valence-corrected chi connectivity index (χ3v) is 4.01. The summed E-state index contributed by atoms with van der Waals surface area (Å²) in [7, 11) is -3.50. The summed E-state index contributed by atoms with van der Waals surface area (Å²) in [5, 5.41) is 10.6. The quantitative estimate of drug-likeness (QED) is 0.682. The molecule has 2 aromatic carbocycles. The molecule has 3 aromatic rings. The van der Waals surface area contributed by atoms with E-state index in [0.29, 0.717) is 10.9 Å². The fourth-order valence-corrected chi connectivity index (χ4v) is 2.91. The molecule has 1 aromatic heterocycles. The second-order valence-corrected chi connectivity index (χ2v) is 7.29. The van der Waals surface area contributed by atoms with Gasteiger partial charge in [0.05, 0.1) is 23.0 Å². The number of para-hydroxylation sites is 2. The molecule has 0 unspecified atom stereocenters. The number of nitrogens with one attached hydrogen (secondary N) is 2. The number of carbonyl (C=O) groups excluding carboxylic acids is 1. The number of amides is 1. The highest BCUT2D eigenvalue weighted by Crippen LogP contribution is 2.21. The number of fused-ring (bicyclic) bond motifs is 1. The summed E-state index contributed by atoms with van der Waals surface area (Å²) in [5.41, 5.74) is 0.496. The van der Waals surface area contributed by atoms with Gasteiger partial charge in [0.1, 0.15) is 12.1 Å². The van der Waals surface area contributed by atoms with Crippen LogP contribution in [0.15, 0.2) is 53.3 Å². The van der Waals surface area contributed by atoms with Crippen LogP contribution in [0, 0.1) is 0 Å². The van der Waals surface area contributed by atoms with Gasteiger partial charge >= 0.3 is 0 Å². The predicted molar refractivity (Wildman–Crippen MR) is 97.3 cm³/mol. The molecule has 0 aliphatic heterocycles. The lowest BCUT2D eigenvalue weighted by atomic mass is 10.2. The van der Waals surface area contributed by atoms with Gasteiger partial charge in [0.25, 0.3) is 5.56 Å². The zero-order valence-corrected chi connectivity index (χ0v) is 14.5. The van der Waals surface area contributed by atoms with Crippen molar-refractivity contribution in [2.45, 2.75) is 6.54 Å². The molecule has 9 nitrogen and oxygen atoms in total. The fourth-order valence-electron chi connectivity index (χ4n) is 2.33. The smallest absolute Gasteiger partial charge is 0.278 e. The molecule has 0 atom stereocenters. The van der Waals surface area contributed by atoms with Crippen LogP contribution >= 0.6 is 0 Å². The molecule has 134 valence electrons. The van der Waals surface area contributed by atoms with Gasteiger partial charge < -0.3 is 5.32 Å². The van der Waals surface area contributed by atoms with Gasteiger partial charge in [0.2, 0.25) is 15.9 Å². The minimum absolute atomic E-state index is 0.222. The minimum atomic E-state index is -3.50. The van der Waals surface area contributed by atoms with Gasteiger partial charge in [-0.1, -0.05) is 29.5 Å². The molecule has 3 rings (SSSR count). The second kappa shape index (κ2) is 6.92. The van der Waals surface area contributed by atoms with Crippen LogP contribution < -0.4 is 15.6 Å². The van der Waals surface area contributed by atoms with Gasteiger partial charge in [-0.3, -0.25) is 14.3 Å². The molecule has 0 aliphatic carbocycles. The molecule has 0 saturated heterocycles. The van der Waals surface area contributed by atoms with E-state index in [1.54, 1.807) is 42.5 Å². The molecular formula is C16H15N5O4S. The Labute approximate surface area is 148 Å². The van der Waals surface area contributed by atoms with Crippen LogP contribution in [-0.2, 0) is 21.4 Å². The maximum absolute atomic E-state index is 12.4. The topological polar surface area (TPSA) is 123 Å². The molecule has 26 heavy (non-hydrogen) atoms. The van der Waals surface area contributed by atoms with E-state index in [1.165, 1.54) is 6.07 Å². The lowest BCUT2D eigenvalue weighted by Crippen LogP contribution is -2.30. The van der Waals surface area contributed by atoms with Gasteiger partial charge in [-0.2, -0.15) is 0 Å². The van der Waals surface area contributed by atoms with E-state index in [2.05, 4.69) is 20.4 Å². The van der Waals surface area contributed by atoms with E-state index < -0.39 is 21.5 Å². The van der Waals surface area contributed by atoms with Crippen LogP contribution in [0.2, 0.25) is 0 Å². The molecule has 10 heteroatoms. The number of hydrogen-bond acceptors (Lipinski definition) is 6. The number of hydrogen-bond donors (Lipinski definition) is 2. The summed E-state index contributed by atoms with van der Waals surface area (Å²) in [6, 6.07) is 13.0. The first-order valence-electron chi connectivity index (χ1n) is 7.53. The highest BCUT2D eigenvalue weighted by Gasteiger charge is 2.12. The third kappa shape index (κ3) is 4.03. The number of carbonyl (C=O) groups is 1. The van der Waals surface area contributed by atoms with Gasteiger partial charge in [0, 0.05) is 0 Å². The van der Waals surface area contributed by atoms with Crippen molar-refractivity contribution in [1.29, 1.82) is 0 Å². The number of aromatic nitrogens is 3. The van der Waals surface area contributed by atoms with E-state index >= 15 is 0 Å². The highest BCUT2D eigenvalue weighted by atomic mass is 32.2. The Morgan fingerprint density at radius 3 is 2.46 bits per heavy atom. The predicted octanol–water partition coefficient (Wildman–Crippen LogP) is 0.802. The lowest BCUT2D eigenvalue weighted by Gasteiger charge is -2.12. The Morgan fingerprint density at radius 1 is 1.08 bits per heavy atom. The van der Waals surface area contributed by atoms with Crippen molar-refractivity contribution >= 4 is 38.2 Å². The minimum Gasteiger partial charge on any atom is -0.323 e. The first-order chi connectivity index (χ1) is 12.3. The number of rotatable bonds is 5. The van der Waals surface area contributed by atoms with Crippen LogP contribution in [0.5, 0.6) is 0 Å². The summed E-state index contributed by atoms with van der Waals surface area (Å²) in [6.07, 6.45) is 1.01. The number of sulfonamides is 1. The van der Waals surface area contributed by atoms with Gasteiger partial charge in [-0.05, 0) is 24.3 Å². The zero-order chi connectivity index (χ0) is 18.7. The van der Waals surface area contributed by atoms with Crippen molar-refractivity contribution in [2.24, 2.45) is 0 Å². The average molecular weight is 373 g/mol. The maximum atomic E-state index is 12.4. The Balaban J connectivity index is 1.82. The standard InChI is InChI=1S/C16H15N5O4S/c1-26(24,25)19-14-9-5-4-8-13(14)17-15(22)10-21-16(23)11-6-2-3-7-12(11)18-20-21/h2-9,19H,10H2,1H3,(H,17,22). The second-order valence-electron chi connectivity index (χ2n) is 5.54. The molecule has 0 fully saturated rings. The van der Waals surface area contributed by atoms with Crippen LogP contribution in [0.1, 0.15) is 0 Å². The van der Waals surface area contributed by atoms with Crippen molar-refractivity contribution in [3.63, 3.8) is 0 Å². The first kappa shape index (κ1) is 17.5. The Bertz CT molecular complexity index is 1140. The number of nitrogens with zero attached hydrogens (tertiary/aromatic N) is 3. The average Bonchev–Trinajstić information content (AvgIpc) is 2.58. The Kier molecular flexibility index (Phi) is 4.67. The molecule has 1 heterocycles. The largest absolute Gasteiger partial charge is 0.323 e. The van der Waals surface area contributed by atoms with Crippen molar-refractivity contribution in [3.8, 4) is 0 Å². The molecule has 0 radical (unpaired) electrons. The molecule has 0 spiro atoms. The van der Waals surface area contributed by atoms with Gasteiger partial charge in [-0.25, -0.2) is 13.1 Å². The van der Waals surface area contributed by atoms with Crippen molar-refractivity contribution in [2.75, 3.05) is 16.3 Å². The van der Waals surface area contributed by atoms with Crippen molar-refractivity contribution < 1.29 is 13.2 Å². The monoisotopic (exact) mass is 373 g/mol. The number of benzene rings is 2. The third-order valence-electron chi connectivity index (χ3n) is 3.42. The van der Waals surface area contributed by atoms with E-state index in [0.717, 1.165) is 10.9 Å². The van der Waals surface area contributed by atoms with Gasteiger partial charge in [0.15, 0.2) is 0 Å². The number of anilines is 2. The summed E-state index contributed by atoms with van der Waals surface area (Å²) in [4.78, 5) is 24.6. The summed E-state index contributed by atoms with van der Waals surface area (Å²) in [5.74, 6) is -0.542. The maximum Gasteiger partial charge on any atom is 0.278 e. The lowest BCUT2D eigenvalue weighted by molar-refractivity contribution is -0.117. The molecular weight excluding hydrogens is 358 g/mol. The van der Waals surface area contributed by atoms with Crippen LogP contribution in [0.25, 0.3) is 10.9 Å². The normalized spacial score (nSPS) is 11.3. The first-order valence-corrected chi connectivity index (χ1v) is 9.42. The molecule has 0 saturated carbocycles. The van der Waals surface area contributed by atoms with E-state index in [9.17, 15) is 18.0 Å². The Morgan fingerprint density at radius 2 is 1.73 bits per heavy atom. The SMILES string of the molecule is CS(=O)(=O)Nc1ccccc1NC(=O)Cn1nnc2ccccc2c1=O. The summed E-state index contributed by atoms with van der Waals surface area (Å²) in [6.45, 7) is -0.357. The highest BCUT2D eigenvalue weighted by molar-refractivity contribution is 7.92. The van der Waals surface area contributed by atoms with Crippen molar-refractivity contribution in [3.05, 3.63) is 58.9 Å². The van der Waals surface area contributed by atoms with E-state index in [1.807, 2.05) is 0 Å².